The molecule has 1 N–H and O–H groups in total. The lowest BCUT2D eigenvalue weighted by molar-refractivity contribution is -0.171. The van der Waals surface area contributed by atoms with Crippen LogP contribution in [0, 0.1) is 16.6 Å². The maximum absolute atomic E-state index is 13.2. The fourth-order valence-electron chi connectivity index (χ4n) is 4.63. The Morgan fingerprint density at radius 3 is 2.27 bits per heavy atom. The summed E-state index contributed by atoms with van der Waals surface area (Å²) in [5, 5.41) is 3.37. The molecule has 0 atom stereocenters. The molecular weight excluding hydrogens is 759 g/mol. The molecule has 8 heteroatoms. The van der Waals surface area contributed by atoms with Gasteiger partial charge in [-0.05, 0) is 124 Å². The molecule has 1 aliphatic heterocycles. The van der Waals surface area contributed by atoms with Crippen molar-refractivity contribution in [2.45, 2.75) is 50.2 Å². The molecule has 0 unspecified atom stereocenters. The molecule has 176 valence electrons. The Morgan fingerprint density at radius 2 is 1.61 bits per heavy atom. The lowest BCUT2D eigenvalue weighted by Crippen LogP contribution is -2.44. The highest BCUT2D eigenvalue weighted by Crippen LogP contribution is 2.37. The number of rotatable bonds is 5. The molecule has 2 aromatic carbocycles. The van der Waals surface area contributed by atoms with Crippen molar-refractivity contribution in [2.24, 2.45) is 5.92 Å². The Kier molecular flexibility index (Phi) is 8.94. The Hall–Kier alpha value is -0.470. The van der Waals surface area contributed by atoms with Crippen LogP contribution < -0.4 is 5.32 Å². The Bertz CT molecular complexity index is 1000. The van der Waals surface area contributed by atoms with Gasteiger partial charge in [0.1, 0.15) is 11.7 Å². The molecule has 33 heavy (non-hydrogen) atoms. The van der Waals surface area contributed by atoms with Crippen LogP contribution in [0.25, 0.3) is 0 Å². The summed E-state index contributed by atoms with van der Waals surface area (Å²) >= 11 is 6.66. The second-order valence-electron chi connectivity index (χ2n) is 8.66. The summed E-state index contributed by atoms with van der Waals surface area (Å²) in [6.45, 7) is 1.67. The van der Waals surface area contributed by atoms with E-state index in [0.29, 0.717) is 31.2 Å². The SMILES string of the molecule is O=C(OC1CCC(C(=O)OC2(c3ccccc3)CCNCC2)CC1)c1cc(I)cc(I)c1I. The van der Waals surface area contributed by atoms with Gasteiger partial charge in [0.05, 0.1) is 11.5 Å². The molecule has 0 spiro atoms. The zero-order valence-corrected chi connectivity index (χ0v) is 24.6. The number of esters is 2. The molecule has 1 heterocycles. The molecule has 0 bridgehead atoms. The van der Waals surface area contributed by atoms with Crippen LogP contribution in [0.1, 0.15) is 54.4 Å². The van der Waals surface area contributed by atoms with Gasteiger partial charge in [0.25, 0.3) is 0 Å². The number of nitrogens with one attached hydrogen (secondary N) is 1. The minimum Gasteiger partial charge on any atom is -0.459 e. The number of halogens is 3. The first-order valence-electron chi connectivity index (χ1n) is 11.2. The van der Waals surface area contributed by atoms with Gasteiger partial charge in [-0.1, -0.05) is 30.3 Å². The minimum absolute atomic E-state index is 0.118. The van der Waals surface area contributed by atoms with E-state index in [-0.39, 0.29) is 24.0 Å². The Balaban J connectivity index is 1.36. The molecule has 2 fully saturated rings. The largest absolute Gasteiger partial charge is 0.459 e. The number of ether oxygens (including phenoxy) is 2. The second-order valence-corrected chi connectivity index (χ2v) is 12.1. The standard InChI is InChI=1S/C25H26I3NO4/c26-18-14-20(22(28)21(27)15-18)24(31)32-19-8-6-16(7-9-19)23(30)33-25(10-12-29-13-11-25)17-4-2-1-3-5-17/h1-5,14-16,19,29H,6-13H2. The first-order valence-corrected chi connectivity index (χ1v) is 14.5. The third kappa shape index (κ3) is 6.21. The van der Waals surface area contributed by atoms with E-state index in [0.717, 1.165) is 42.2 Å². The van der Waals surface area contributed by atoms with Crippen LogP contribution in [-0.4, -0.2) is 31.1 Å². The summed E-state index contributed by atoms with van der Waals surface area (Å²) in [5.74, 6) is -0.541. The van der Waals surface area contributed by atoms with Gasteiger partial charge in [0.15, 0.2) is 0 Å². The summed E-state index contributed by atoms with van der Waals surface area (Å²) in [4.78, 5) is 25.9. The lowest BCUT2D eigenvalue weighted by Gasteiger charge is -2.39. The first kappa shape index (κ1) is 25.6. The van der Waals surface area contributed by atoms with Gasteiger partial charge in [-0.25, -0.2) is 4.79 Å². The molecule has 4 rings (SSSR count). The highest BCUT2D eigenvalue weighted by atomic mass is 127. The van der Waals surface area contributed by atoms with Crippen LogP contribution in [0.5, 0.6) is 0 Å². The van der Waals surface area contributed by atoms with E-state index in [1.807, 2.05) is 30.3 Å². The fraction of sp³-hybridized carbons (Fsp3) is 0.440. The van der Waals surface area contributed by atoms with E-state index in [2.05, 4.69) is 85.2 Å². The summed E-state index contributed by atoms with van der Waals surface area (Å²) in [6.07, 6.45) is 4.13. The number of carbonyl (C=O) groups excluding carboxylic acids is 2. The number of piperidine rings is 1. The van der Waals surface area contributed by atoms with E-state index >= 15 is 0 Å². The number of hydrogen-bond donors (Lipinski definition) is 1. The monoisotopic (exact) mass is 785 g/mol. The predicted octanol–water partition coefficient (Wildman–Crippen LogP) is 6.04. The van der Waals surface area contributed by atoms with Gasteiger partial charge in [0, 0.05) is 23.6 Å². The molecule has 2 aliphatic rings. The van der Waals surface area contributed by atoms with E-state index in [1.54, 1.807) is 0 Å². The van der Waals surface area contributed by atoms with E-state index in [4.69, 9.17) is 9.47 Å². The summed E-state index contributed by atoms with van der Waals surface area (Å²) in [5.41, 5.74) is 1.14. The van der Waals surface area contributed by atoms with Crippen LogP contribution in [0.15, 0.2) is 42.5 Å². The molecule has 5 nitrogen and oxygen atoms in total. The third-order valence-electron chi connectivity index (χ3n) is 6.50. The van der Waals surface area contributed by atoms with Crippen molar-refractivity contribution >= 4 is 79.7 Å². The third-order valence-corrected chi connectivity index (χ3v) is 10.2. The van der Waals surface area contributed by atoms with Crippen LogP contribution >= 0.6 is 67.8 Å². The van der Waals surface area contributed by atoms with Gasteiger partial charge in [0.2, 0.25) is 0 Å². The first-order chi connectivity index (χ1) is 15.9. The topological polar surface area (TPSA) is 64.6 Å². The van der Waals surface area contributed by atoms with E-state index in [1.165, 1.54) is 0 Å². The van der Waals surface area contributed by atoms with Gasteiger partial charge in [-0.3, -0.25) is 4.79 Å². The summed E-state index contributed by atoms with van der Waals surface area (Å²) < 4.78 is 15.0. The van der Waals surface area contributed by atoms with Crippen LogP contribution in [-0.2, 0) is 19.9 Å². The zero-order valence-electron chi connectivity index (χ0n) is 18.1. The number of carbonyl (C=O) groups is 2. The second kappa shape index (κ2) is 11.5. The number of hydrogen-bond acceptors (Lipinski definition) is 5. The summed E-state index contributed by atoms with van der Waals surface area (Å²) in [6, 6.07) is 14.0. The van der Waals surface area contributed by atoms with Crippen LogP contribution in [0.2, 0.25) is 0 Å². The van der Waals surface area contributed by atoms with Crippen LogP contribution in [0.4, 0.5) is 0 Å². The molecule has 0 radical (unpaired) electrons. The van der Waals surface area contributed by atoms with Crippen molar-refractivity contribution in [3.63, 3.8) is 0 Å². The average molecular weight is 785 g/mol. The Labute approximate surface area is 235 Å². The maximum Gasteiger partial charge on any atom is 0.339 e. The van der Waals surface area contributed by atoms with E-state index < -0.39 is 5.60 Å². The Morgan fingerprint density at radius 1 is 0.939 bits per heavy atom. The molecule has 2 aromatic rings. The number of benzene rings is 2. The van der Waals surface area contributed by atoms with Crippen molar-refractivity contribution in [3.8, 4) is 0 Å². The van der Waals surface area contributed by atoms with Gasteiger partial charge >= 0.3 is 11.9 Å². The highest BCUT2D eigenvalue weighted by molar-refractivity contribution is 14.1. The van der Waals surface area contributed by atoms with Crippen molar-refractivity contribution in [1.82, 2.24) is 5.32 Å². The molecular formula is C25H26I3NO4. The lowest BCUT2D eigenvalue weighted by atomic mass is 9.83. The zero-order chi connectivity index (χ0) is 23.4. The van der Waals surface area contributed by atoms with Crippen LogP contribution in [0.3, 0.4) is 0 Å². The quantitative estimate of drug-likeness (QED) is 0.228. The minimum atomic E-state index is -0.550. The maximum atomic E-state index is 13.2. The van der Waals surface area contributed by atoms with Gasteiger partial charge in [-0.15, -0.1) is 0 Å². The highest BCUT2D eigenvalue weighted by Gasteiger charge is 2.40. The van der Waals surface area contributed by atoms with Crippen molar-refractivity contribution < 1.29 is 19.1 Å². The molecule has 1 saturated heterocycles. The van der Waals surface area contributed by atoms with Gasteiger partial charge < -0.3 is 14.8 Å². The molecule has 1 aliphatic carbocycles. The van der Waals surface area contributed by atoms with E-state index in [9.17, 15) is 9.59 Å². The molecule has 0 amide bonds. The normalized spacial score (nSPS) is 22.4. The predicted molar refractivity (Wildman–Crippen MR) is 152 cm³/mol. The van der Waals surface area contributed by atoms with Crippen molar-refractivity contribution in [1.29, 1.82) is 0 Å². The van der Waals surface area contributed by atoms with Gasteiger partial charge in [-0.2, -0.15) is 0 Å². The smallest absolute Gasteiger partial charge is 0.339 e. The van der Waals surface area contributed by atoms with Crippen molar-refractivity contribution in [2.75, 3.05) is 13.1 Å². The summed E-state index contributed by atoms with van der Waals surface area (Å²) in [7, 11) is 0. The molecule has 1 saturated carbocycles. The average Bonchev–Trinajstić information content (AvgIpc) is 2.83. The fourth-order valence-corrected chi connectivity index (χ4v) is 7.01. The van der Waals surface area contributed by atoms with Crippen molar-refractivity contribution in [3.05, 3.63) is 64.3 Å². The molecule has 0 aromatic heterocycles.